The molecule has 0 bridgehead atoms. The predicted molar refractivity (Wildman–Crippen MR) is 73.0 cm³/mol. The van der Waals surface area contributed by atoms with Crippen LogP contribution in [0.4, 0.5) is 0 Å². The number of benzene rings is 1. The van der Waals surface area contributed by atoms with Crippen molar-refractivity contribution in [3.05, 3.63) is 18.2 Å². The summed E-state index contributed by atoms with van der Waals surface area (Å²) in [5.74, 6) is 0.846. The molecule has 19 heavy (non-hydrogen) atoms. The van der Waals surface area contributed by atoms with Gasteiger partial charge in [-0.2, -0.15) is 0 Å². The summed E-state index contributed by atoms with van der Waals surface area (Å²) in [5, 5.41) is 0. The molecule has 108 valence electrons. The van der Waals surface area contributed by atoms with Crippen molar-refractivity contribution in [2.24, 2.45) is 5.73 Å². The summed E-state index contributed by atoms with van der Waals surface area (Å²) < 4.78 is 36.8. The van der Waals surface area contributed by atoms with E-state index >= 15 is 0 Å². The van der Waals surface area contributed by atoms with Gasteiger partial charge < -0.3 is 15.2 Å². The lowest BCUT2D eigenvalue weighted by Gasteiger charge is -2.11. The molecule has 0 radical (unpaired) electrons. The van der Waals surface area contributed by atoms with Gasteiger partial charge in [0, 0.05) is 30.8 Å². The normalized spacial score (nSPS) is 13.1. The van der Waals surface area contributed by atoms with Crippen LogP contribution < -0.4 is 19.9 Å². The van der Waals surface area contributed by atoms with Crippen LogP contribution in [0.2, 0.25) is 0 Å². The van der Waals surface area contributed by atoms with Gasteiger partial charge in [-0.15, -0.1) is 0 Å². The van der Waals surface area contributed by atoms with Crippen LogP contribution >= 0.6 is 0 Å². The largest absolute Gasteiger partial charge is 0.497 e. The molecular formula is C12H20N2O4S. The number of sulfonamides is 1. The number of nitrogens with one attached hydrogen (secondary N) is 1. The van der Waals surface area contributed by atoms with Crippen molar-refractivity contribution in [2.75, 3.05) is 20.8 Å². The van der Waals surface area contributed by atoms with E-state index in [1.165, 1.54) is 26.4 Å². The van der Waals surface area contributed by atoms with E-state index in [1.54, 1.807) is 6.07 Å². The topological polar surface area (TPSA) is 90.6 Å². The van der Waals surface area contributed by atoms with Crippen molar-refractivity contribution in [3.8, 4) is 11.5 Å². The number of hydrogen-bond acceptors (Lipinski definition) is 5. The van der Waals surface area contributed by atoms with Crippen molar-refractivity contribution in [3.63, 3.8) is 0 Å². The van der Waals surface area contributed by atoms with E-state index in [9.17, 15) is 8.42 Å². The fourth-order valence-corrected chi connectivity index (χ4v) is 2.54. The smallest absolute Gasteiger partial charge is 0.240 e. The molecule has 1 aromatic rings. The van der Waals surface area contributed by atoms with Gasteiger partial charge in [0.2, 0.25) is 10.0 Å². The maximum absolute atomic E-state index is 12.1. The second-order valence-corrected chi connectivity index (χ2v) is 5.98. The van der Waals surface area contributed by atoms with Gasteiger partial charge in [-0.3, -0.25) is 0 Å². The first-order valence-corrected chi connectivity index (χ1v) is 7.35. The Hall–Kier alpha value is -1.31. The Kier molecular flexibility index (Phi) is 5.59. The van der Waals surface area contributed by atoms with Crippen LogP contribution in [0.25, 0.3) is 0 Å². The second-order valence-electron chi connectivity index (χ2n) is 4.21. The number of ether oxygens (including phenoxy) is 2. The van der Waals surface area contributed by atoms with Gasteiger partial charge in [-0.1, -0.05) is 0 Å². The molecule has 0 aromatic heterocycles. The van der Waals surface area contributed by atoms with Crippen LogP contribution in [0.3, 0.4) is 0 Å². The van der Waals surface area contributed by atoms with Gasteiger partial charge in [-0.25, -0.2) is 13.1 Å². The van der Waals surface area contributed by atoms with Gasteiger partial charge >= 0.3 is 0 Å². The molecule has 0 saturated carbocycles. The Labute approximate surface area is 113 Å². The third-order valence-electron chi connectivity index (χ3n) is 2.53. The first-order chi connectivity index (χ1) is 8.89. The molecule has 1 rings (SSSR count). The maximum atomic E-state index is 12.1. The van der Waals surface area contributed by atoms with Crippen LogP contribution in [0.1, 0.15) is 13.3 Å². The number of nitrogens with two attached hydrogens (primary N) is 1. The Balaban J connectivity index is 2.93. The zero-order valence-electron chi connectivity index (χ0n) is 11.3. The van der Waals surface area contributed by atoms with Crippen LogP contribution in [-0.4, -0.2) is 35.2 Å². The van der Waals surface area contributed by atoms with Gasteiger partial charge in [0.25, 0.3) is 0 Å². The van der Waals surface area contributed by atoms with E-state index in [4.69, 9.17) is 15.2 Å². The third-order valence-corrected chi connectivity index (χ3v) is 3.97. The fourth-order valence-electron chi connectivity index (χ4n) is 1.44. The highest BCUT2D eigenvalue weighted by molar-refractivity contribution is 7.89. The van der Waals surface area contributed by atoms with E-state index < -0.39 is 10.0 Å². The molecular weight excluding hydrogens is 268 g/mol. The lowest BCUT2D eigenvalue weighted by Crippen LogP contribution is -2.29. The summed E-state index contributed by atoms with van der Waals surface area (Å²) in [6, 6.07) is 4.44. The van der Waals surface area contributed by atoms with Crippen LogP contribution in [0, 0.1) is 0 Å². The zero-order valence-corrected chi connectivity index (χ0v) is 12.2. The first kappa shape index (κ1) is 15.7. The molecule has 1 unspecified atom stereocenters. The van der Waals surface area contributed by atoms with Gasteiger partial charge in [0.05, 0.1) is 19.1 Å². The Morgan fingerprint density at radius 3 is 2.16 bits per heavy atom. The fraction of sp³-hybridized carbons (Fsp3) is 0.500. The predicted octanol–water partition coefficient (Wildman–Crippen LogP) is 0.719. The number of rotatable bonds is 7. The molecule has 0 fully saturated rings. The van der Waals surface area contributed by atoms with Crippen molar-refractivity contribution in [1.29, 1.82) is 0 Å². The molecule has 0 saturated heterocycles. The highest BCUT2D eigenvalue weighted by Crippen LogP contribution is 2.25. The second kappa shape index (κ2) is 6.74. The van der Waals surface area contributed by atoms with E-state index in [0.29, 0.717) is 24.5 Å². The highest BCUT2D eigenvalue weighted by Gasteiger charge is 2.16. The van der Waals surface area contributed by atoms with Crippen molar-refractivity contribution < 1.29 is 17.9 Å². The van der Waals surface area contributed by atoms with Gasteiger partial charge in [0.1, 0.15) is 11.5 Å². The third kappa shape index (κ3) is 4.70. The summed E-state index contributed by atoms with van der Waals surface area (Å²) in [5.41, 5.74) is 5.58. The maximum Gasteiger partial charge on any atom is 0.240 e. The average molecular weight is 288 g/mol. The Bertz CT molecular complexity index is 492. The van der Waals surface area contributed by atoms with Gasteiger partial charge in [0.15, 0.2) is 0 Å². The lowest BCUT2D eigenvalue weighted by atomic mass is 10.3. The number of hydrogen-bond donors (Lipinski definition) is 2. The lowest BCUT2D eigenvalue weighted by molar-refractivity contribution is 0.392. The van der Waals surface area contributed by atoms with Crippen LogP contribution in [0.15, 0.2) is 23.1 Å². The summed E-state index contributed by atoms with van der Waals surface area (Å²) in [4.78, 5) is 0.105. The molecule has 7 heteroatoms. The molecule has 0 aliphatic heterocycles. The minimum atomic E-state index is -3.59. The molecule has 0 heterocycles. The van der Waals surface area contributed by atoms with Crippen molar-refractivity contribution >= 4 is 10.0 Å². The monoisotopic (exact) mass is 288 g/mol. The molecule has 0 spiro atoms. The average Bonchev–Trinajstić information content (AvgIpc) is 2.37. The minimum Gasteiger partial charge on any atom is -0.497 e. The Morgan fingerprint density at radius 1 is 1.21 bits per heavy atom. The SMILES string of the molecule is COc1cc(OC)cc(S(=O)(=O)NCCC(C)N)c1. The zero-order chi connectivity index (χ0) is 14.5. The standard InChI is InChI=1S/C12H20N2O4S/c1-9(13)4-5-14-19(15,16)12-7-10(17-2)6-11(8-12)18-3/h6-9,14H,4-5,13H2,1-3H3. The molecule has 3 N–H and O–H groups in total. The molecule has 1 atom stereocenters. The summed E-state index contributed by atoms with van der Waals surface area (Å²) in [6.45, 7) is 2.11. The van der Waals surface area contributed by atoms with E-state index in [-0.39, 0.29) is 10.9 Å². The summed E-state index contributed by atoms with van der Waals surface area (Å²) in [7, 11) is -0.653. The van der Waals surface area contributed by atoms with Crippen LogP contribution in [0.5, 0.6) is 11.5 Å². The molecule has 0 aliphatic rings. The van der Waals surface area contributed by atoms with Gasteiger partial charge in [-0.05, 0) is 13.3 Å². The van der Waals surface area contributed by atoms with E-state index in [1.807, 2.05) is 6.92 Å². The summed E-state index contributed by atoms with van der Waals surface area (Å²) in [6.07, 6.45) is 0.570. The first-order valence-electron chi connectivity index (χ1n) is 5.87. The molecule has 0 amide bonds. The van der Waals surface area contributed by atoms with Crippen molar-refractivity contribution in [1.82, 2.24) is 4.72 Å². The summed E-state index contributed by atoms with van der Waals surface area (Å²) >= 11 is 0. The molecule has 6 nitrogen and oxygen atoms in total. The number of methoxy groups -OCH3 is 2. The Morgan fingerprint density at radius 2 is 1.74 bits per heavy atom. The van der Waals surface area contributed by atoms with E-state index in [0.717, 1.165) is 0 Å². The highest BCUT2D eigenvalue weighted by atomic mass is 32.2. The van der Waals surface area contributed by atoms with Crippen LogP contribution in [-0.2, 0) is 10.0 Å². The van der Waals surface area contributed by atoms with Crippen molar-refractivity contribution in [2.45, 2.75) is 24.3 Å². The minimum absolute atomic E-state index is 0.0532. The molecule has 1 aromatic carbocycles. The quantitative estimate of drug-likeness (QED) is 0.771. The van der Waals surface area contributed by atoms with E-state index in [2.05, 4.69) is 4.72 Å². The molecule has 0 aliphatic carbocycles.